The maximum absolute atomic E-state index is 12.8. The molecule has 5 rings (SSSR count). The monoisotopic (exact) mass is 425 g/mol. The number of piperidine rings is 1. The molecule has 0 aromatic carbocycles. The van der Waals surface area contributed by atoms with Crippen molar-refractivity contribution in [2.75, 3.05) is 43.6 Å². The molecule has 0 unspecified atom stereocenters. The van der Waals surface area contributed by atoms with Gasteiger partial charge in [0.15, 0.2) is 5.82 Å². The van der Waals surface area contributed by atoms with E-state index in [-0.39, 0.29) is 5.92 Å². The van der Waals surface area contributed by atoms with Crippen LogP contribution in [-0.4, -0.2) is 70.4 Å². The summed E-state index contributed by atoms with van der Waals surface area (Å²) in [4.78, 5) is 26.1. The van der Waals surface area contributed by atoms with Gasteiger partial charge in [0.05, 0.1) is 0 Å². The Labute approximate surface area is 182 Å². The molecule has 2 saturated heterocycles. The minimum atomic E-state index is 0.136. The Morgan fingerprint density at radius 2 is 1.94 bits per heavy atom. The molecule has 2 N–H and O–H groups in total. The first kappa shape index (κ1) is 20.2. The topological polar surface area (TPSA) is 99.3 Å². The van der Waals surface area contributed by atoms with Crippen molar-refractivity contribution in [1.82, 2.24) is 25.1 Å². The third-order valence-electron chi connectivity index (χ3n) is 6.72. The lowest BCUT2D eigenvalue weighted by molar-refractivity contribution is -0.139. The SMILES string of the molecule is CN(c1nccc(Nc2cc(C3CC3)[nH]n2)n1)C1CCN(C(=O)C2CCOCC2)CC1. The Balaban J connectivity index is 1.17. The Bertz CT molecular complexity index is 899. The van der Waals surface area contributed by atoms with Crippen molar-refractivity contribution in [2.45, 2.75) is 50.5 Å². The summed E-state index contributed by atoms with van der Waals surface area (Å²) in [6, 6.07) is 4.24. The number of hydrogen-bond donors (Lipinski definition) is 2. The molecule has 1 amide bonds. The third kappa shape index (κ3) is 4.66. The van der Waals surface area contributed by atoms with Crippen molar-refractivity contribution in [2.24, 2.45) is 5.92 Å². The van der Waals surface area contributed by atoms with Gasteiger partial charge in [-0.15, -0.1) is 0 Å². The van der Waals surface area contributed by atoms with Gasteiger partial charge in [0, 0.05) is 69.2 Å². The number of nitrogens with zero attached hydrogens (tertiary/aromatic N) is 5. The fourth-order valence-electron chi connectivity index (χ4n) is 4.56. The van der Waals surface area contributed by atoms with E-state index in [1.165, 1.54) is 18.5 Å². The Morgan fingerprint density at radius 1 is 1.16 bits per heavy atom. The van der Waals surface area contributed by atoms with E-state index in [4.69, 9.17) is 9.72 Å². The average Bonchev–Trinajstić information content (AvgIpc) is 3.58. The van der Waals surface area contributed by atoms with Crippen LogP contribution in [0.5, 0.6) is 0 Å². The second-order valence-corrected chi connectivity index (χ2v) is 8.90. The minimum absolute atomic E-state index is 0.136. The van der Waals surface area contributed by atoms with Crippen LogP contribution in [-0.2, 0) is 9.53 Å². The summed E-state index contributed by atoms with van der Waals surface area (Å²) in [5.41, 5.74) is 1.19. The maximum Gasteiger partial charge on any atom is 0.227 e. The highest BCUT2D eigenvalue weighted by molar-refractivity contribution is 5.79. The minimum Gasteiger partial charge on any atom is -0.381 e. The van der Waals surface area contributed by atoms with Gasteiger partial charge < -0.3 is 19.9 Å². The summed E-state index contributed by atoms with van der Waals surface area (Å²) in [5, 5.41) is 10.7. The molecule has 0 atom stereocenters. The summed E-state index contributed by atoms with van der Waals surface area (Å²) in [5.74, 6) is 3.29. The zero-order valence-corrected chi connectivity index (χ0v) is 18.1. The summed E-state index contributed by atoms with van der Waals surface area (Å²) in [6.45, 7) is 3.00. The van der Waals surface area contributed by atoms with E-state index >= 15 is 0 Å². The van der Waals surface area contributed by atoms with Crippen LogP contribution >= 0.6 is 0 Å². The molecule has 3 fully saturated rings. The van der Waals surface area contributed by atoms with Gasteiger partial charge in [0.1, 0.15) is 5.82 Å². The van der Waals surface area contributed by atoms with E-state index in [1.54, 1.807) is 6.20 Å². The smallest absolute Gasteiger partial charge is 0.227 e. The molecule has 0 spiro atoms. The molecule has 1 aliphatic carbocycles. The van der Waals surface area contributed by atoms with E-state index in [0.717, 1.165) is 50.4 Å². The summed E-state index contributed by atoms with van der Waals surface area (Å²) in [6.07, 6.45) is 7.81. The van der Waals surface area contributed by atoms with Gasteiger partial charge in [0.2, 0.25) is 11.9 Å². The van der Waals surface area contributed by atoms with Crippen LogP contribution in [0.3, 0.4) is 0 Å². The first-order chi connectivity index (χ1) is 15.2. The number of amides is 1. The second kappa shape index (κ2) is 8.82. The molecule has 9 nitrogen and oxygen atoms in total. The number of nitrogens with one attached hydrogen (secondary N) is 2. The number of hydrogen-bond acceptors (Lipinski definition) is 7. The van der Waals surface area contributed by atoms with Crippen LogP contribution in [0, 0.1) is 5.92 Å². The quantitative estimate of drug-likeness (QED) is 0.734. The lowest BCUT2D eigenvalue weighted by Gasteiger charge is -2.38. The molecule has 0 radical (unpaired) electrons. The molecule has 2 aromatic heterocycles. The number of aromatic nitrogens is 4. The zero-order chi connectivity index (χ0) is 21.2. The Hall–Kier alpha value is -2.68. The fraction of sp³-hybridized carbons (Fsp3) is 0.636. The van der Waals surface area contributed by atoms with Crippen LogP contribution in [0.15, 0.2) is 18.3 Å². The Morgan fingerprint density at radius 3 is 2.68 bits per heavy atom. The van der Waals surface area contributed by atoms with Crippen LogP contribution in [0.25, 0.3) is 0 Å². The molecule has 0 bridgehead atoms. The van der Waals surface area contributed by atoms with Crippen molar-refractivity contribution in [3.63, 3.8) is 0 Å². The van der Waals surface area contributed by atoms with Gasteiger partial charge in [-0.3, -0.25) is 9.89 Å². The molecule has 3 aliphatic rings. The van der Waals surface area contributed by atoms with E-state index in [2.05, 4.69) is 31.5 Å². The normalized spacial score (nSPS) is 20.6. The average molecular weight is 426 g/mol. The van der Waals surface area contributed by atoms with E-state index < -0.39 is 0 Å². The molecule has 2 aromatic rings. The first-order valence-corrected chi connectivity index (χ1v) is 11.4. The predicted molar refractivity (Wildman–Crippen MR) is 117 cm³/mol. The fourth-order valence-corrected chi connectivity index (χ4v) is 4.56. The summed E-state index contributed by atoms with van der Waals surface area (Å²) >= 11 is 0. The van der Waals surface area contributed by atoms with Gasteiger partial charge in [-0.1, -0.05) is 0 Å². The van der Waals surface area contributed by atoms with Crippen molar-refractivity contribution in [3.05, 3.63) is 24.0 Å². The number of rotatable bonds is 6. The summed E-state index contributed by atoms with van der Waals surface area (Å²) < 4.78 is 5.39. The number of likely N-dealkylation sites (tertiary alicyclic amines) is 1. The van der Waals surface area contributed by atoms with Gasteiger partial charge in [-0.2, -0.15) is 10.1 Å². The van der Waals surface area contributed by atoms with Crippen molar-refractivity contribution >= 4 is 23.5 Å². The molecule has 1 saturated carbocycles. The highest BCUT2D eigenvalue weighted by atomic mass is 16.5. The van der Waals surface area contributed by atoms with Gasteiger partial charge in [0.25, 0.3) is 0 Å². The molecule has 31 heavy (non-hydrogen) atoms. The van der Waals surface area contributed by atoms with Crippen molar-refractivity contribution < 1.29 is 9.53 Å². The zero-order valence-electron chi connectivity index (χ0n) is 18.1. The standard InChI is InChI=1S/C22H31N7O2/c1-28(17-5-10-29(11-6-17)21(30)16-7-12-31-13-8-16)22-23-9-4-19(25-22)24-20-14-18(26-27-20)15-2-3-15/h4,9,14-17H,2-3,5-8,10-13H2,1H3,(H2,23,24,25,26,27). The second-order valence-electron chi connectivity index (χ2n) is 8.90. The molecule has 9 heteroatoms. The van der Waals surface area contributed by atoms with Gasteiger partial charge in [-0.25, -0.2) is 4.98 Å². The molecule has 166 valence electrons. The number of H-pyrrole nitrogens is 1. The number of ether oxygens (including phenoxy) is 1. The first-order valence-electron chi connectivity index (χ1n) is 11.4. The highest BCUT2D eigenvalue weighted by Gasteiger charge is 2.31. The Kier molecular flexibility index (Phi) is 5.76. The van der Waals surface area contributed by atoms with E-state index in [9.17, 15) is 4.79 Å². The maximum atomic E-state index is 12.8. The number of anilines is 3. The number of aromatic amines is 1. The van der Waals surface area contributed by atoms with E-state index in [1.807, 2.05) is 18.0 Å². The molecule has 4 heterocycles. The summed E-state index contributed by atoms with van der Waals surface area (Å²) in [7, 11) is 2.04. The number of carbonyl (C=O) groups is 1. The molecular weight excluding hydrogens is 394 g/mol. The van der Waals surface area contributed by atoms with Gasteiger partial charge >= 0.3 is 0 Å². The highest BCUT2D eigenvalue weighted by Crippen LogP contribution is 2.39. The predicted octanol–water partition coefficient (Wildman–Crippen LogP) is 2.67. The van der Waals surface area contributed by atoms with Crippen molar-refractivity contribution in [3.8, 4) is 0 Å². The van der Waals surface area contributed by atoms with Crippen LogP contribution in [0.4, 0.5) is 17.6 Å². The van der Waals surface area contributed by atoms with E-state index in [0.29, 0.717) is 37.0 Å². The lowest BCUT2D eigenvalue weighted by Crippen LogP contribution is -2.48. The van der Waals surface area contributed by atoms with Gasteiger partial charge in [-0.05, 0) is 44.6 Å². The van der Waals surface area contributed by atoms with Crippen LogP contribution in [0.1, 0.15) is 50.1 Å². The third-order valence-corrected chi connectivity index (χ3v) is 6.72. The molecule has 2 aliphatic heterocycles. The van der Waals surface area contributed by atoms with Crippen molar-refractivity contribution in [1.29, 1.82) is 0 Å². The molecular formula is C22H31N7O2. The van der Waals surface area contributed by atoms with Crippen LogP contribution < -0.4 is 10.2 Å². The largest absolute Gasteiger partial charge is 0.381 e. The van der Waals surface area contributed by atoms with Crippen LogP contribution in [0.2, 0.25) is 0 Å². The lowest BCUT2D eigenvalue weighted by atomic mass is 9.96. The number of carbonyl (C=O) groups excluding carboxylic acids is 1.